The van der Waals surface area contributed by atoms with Gasteiger partial charge >= 0.3 is 5.97 Å². The minimum absolute atomic E-state index is 0.0249. The van der Waals surface area contributed by atoms with Gasteiger partial charge in [-0.2, -0.15) is 0 Å². The minimum atomic E-state index is -0.315. The maximum Gasteiger partial charge on any atom is 0.322 e. The molecule has 6 heteroatoms. The molecule has 5 nitrogen and oxygen atoms in total. The average molecular weight is 268 g/mol. The van der Waals surface area contributed by atoms with Gasteiger partial charge in [-0.05, 0) is 30.4 Å². The Balaban J connectivity index is 1.90. The van der Waals surface area contributed by atoms with Crippen molar-refractivity contribution in [3.8, 4) is 0 Å². The van der Waals surface area contributed by atoms with Gasteiger partial charge in [0.2, 0.25) is 0 Å². The number of methoxy groups -OCH3 is 1. The van der Waals surface area contributed by atoms with Crippen LogP contribution in [0.2, 0.25) is 0 Å². The fourth-order valence-electron chi connectivity index (χ4n) is 2.02. The van der Waals surface area contributed by atoms with Crippen molar-refractivity contribution in [2.45, 2.75) is 25.4 Å². The van der Waals surface area contributed by atoms with Gasteiger partial charge in [-0.3, -0.25) is 9.59 Å². The summed E-state index contributed by atoms with van der Waals surface area (Å²) in [7, 11) is 1.37. The number of rotatable bonds is 3. The Morgan fingerprint density at radius 3 is 2.94 bits per heavy atom. The van der Waals surface area contributed by atoms with Gasteiger partial charge in [0, 0.05) is 12.6 Å². The lowest BCUT2D eigenvalue weighted by atomic mass is 10.1. The highest BCUT2D eigenvalue weighted by atomic mass is 32.1. The Bertz CT molecular complexity index is 458. The Hall–Kier alpha value is -1.40. The van der Waals surface area contributed by atoms with Gasteiger partial charge in [-0.25, -0.2) is 0 Å². The van der Waals surface area contributed by atoms with E-state index in [0.717, 1.165) is 10.4 Å². The van der Waals surface area contributed by atoms with E-state index in [2.05, 4.69) is 15.4 Å². The smallest absolute Gasteiger partial charge is 0.322 e. The molecule has 18 heavy (non-hydrogen) atoms. The molecule has 0 aliphatic carbocycles. The van der Waals surface area contributed by atoms with Crippen molar-refractivity contribution in [3.63, 3.8) is 0 Å². The first kappa shape index (κ1) is 13.0. The summed E-state index contributed by atoms with van der Waals surface area (Å²) in [6, 6.07) is 1.58. The number of amides is 1. The zero-order chi connectivity index (χ0) is 13.1. The molecule has 2 rings (SSSR count). The van der Waals surface area contributed by atoms with Crippen LogP contribution in [0.5, 0.6) is 0 Å². The number of carbonyl (C=O) groups is 2. The number of nitrogens with one attached hydrogen (secondary N) is 2. The van der Waals surface area contributed by atoms with Crippen LogP contribution in [0.25, 0.3) is 0 Å². The molecular formula is C12H16N2O3S. The molecule has 1 aliphatic rings. The van der Waals surface area contributed by atoms with Crippen molar-refractivity contribution in [2.75, 3.05) is 13.7 Å². The number of thiophene rings is 1. The van der Waals surface area contributed by atoms with Gasteiger partial charge in [0.05, 0.1) is 12.0 Å². The van der Waals surface area contributed by atoms with Crippen LogP contribution in [0.15, 0.2) is 11.4 Å². The Labute approximate surface area is 110 Å². The molecule has 0 spiro atoms. The van der Waals surface area contributed by atoms with Crippen molar-refractivity contribution >= 4 is 23.2 Å². The number of esters is 1. The monoisotopic (exact) mass is 268 g/mol. The van der Waals surface area contributed by atoms with E-state index in [9.17, 15) is 9.59 Å². The second-order valence-corrected chi connectivity index (χ2v) is 5.24. The highest BCUT2D eigenvalue weighted by molar-refractivity contribution is 7.12. The summed E-state index contributed by atoms with van der Waals surface area (Å²) in [5, 5.41) is 7.87. The predicted molar refractivity (Wildman–Crippen MR) is 68.7 cm³/mol. The Morgan fingerprint density at radius 1 is 1.56 bits per heavy atom. The summed E-state index contributed by atoms with van der Waals surface area (Å²) in [6.07, 6.45) is 0.572. The normalized spacial score (nSPS) is 22.8. The van der Waals surface area contributed by atoms with Gasteiger partial charge in [0.1, 0.15) is 6.04 Å². The zero-order valence-electron chi connectivity index (χ0n) is 10.4. The number of carbonyl (C=O) groups excluding carboxylic acids is 2. The van der Waals surface area contributed by atoms with Crippen molar-refractivity contribution in [2.24, 2.45) is 0 Å². The largest absolute Gasteiger partial charge is 0.468 e. The van der Waals surface area contributed by atoms with Crippen LogP contribution >= 0.6 is 11.3 Å². The highest BCUT2D eigenvalue weighted by Gasteiger charge is 2.31. The fourth-order valence-corrected chi connectivity index (χ4v) is 2.85. The molecule has 0 radical (unpaired) electrons. The standard InChI is InChI=1S/C12H16N2O3S/c1-7-3-4-18-10(7)11(15)14-8-5-9(13-6-8)12(16)17-2/h3-4,8-9,13H,5-6H2,1-2H3,(H,14,15)/t8-,9-/m0/s1. The van der Waals surface area contributed by atoms with E-state index in [-0.39, 0.29) is 24.0 Å². The van der Waals surface area contributed by atoms with Crippen molar-refractivity contribution in [1.29, 1.82) is 0 Å². The van der Waals surface area contributed by atoms with Gasteiger partial charge < -0.3 is 15.4 Å². The third-order valence-corrected chi connectivity index (χ3v) is 4.04. The van der Waals surface area contributed by atoms with Crippen molar-refractivity contribution < 1.29 is 14.3 Å². The fraction of sp³-hybridized carbons (Fsp3) is 0.500. The van der Waals surface area contributed by atoms with E-state index in [0.29, 0.717) is 13.0 Å². The summed E-state index contributed by atoms with van der Waals surface area (Å²) in [6.45, 7) is 2.51. The second kappa shape index (κ2) is 5.49. The lowest BCUT2D eigenvalue weighted by Crippen LogP contribution is -2.36. The molecule has 1 saturated heterocycles. The summed E-state index contributed by atoms with van der Waals surface area (Å²) < 4.78 is 4.67. The van der Waals surface area contributed by atoms with E-state index in [1.54, 1.807) is 0 Å². The summed E-state index contributed by atoms with van der Waals surface area (Å²) in [4.78, 5) is 24.0. The van der Waals surface area contributed by atoms with Crippen LogP contribution in [-0.4, -0.2) is 37.6 Å². The van der Waals surface area contributed by atoms with E-state index in [1.807, 2.05) is 18.4 Å². The van der Waals surface area contributed by atoms with Crippen LogP contribution in [-0.2, 0) is 9.53 Å². The number of hydrogen-bond donors (Lipinski definition) is 2. The molecule has 0 aromatic carbocycles. The summed E-state index contributed by atoms with van der Waals surface area (Å²) in [5.74, 6) is -0.348. The van der Waals surface area contributed by atoms with Crippen LogP contribution in [0, 0.1) is 6.92 Å². The van der Waals surface area contributed by atoms with Crippen LogP contribution in [0.1, 0.15) is 21.7 Å². The molecule has 1 aromatic rings. The lowest BCUT2D eigenvalue weighted by Gasteiger charge is -2.11. The Kier molecular flexibility index (Phi) is 3.98. The number of hydrogen-bond acceptors (Lipinski definition) is 5. The number of aryl methyl sites for hydroxylation is 1. The third kappa shape index (κ3) is 2.70. The summed E-state index contributed by atoms with van der Waals surface area (Å²) >= 11 is 1.43. The quantitative estimate of drug-likeness (QED) is 0.792. The molecule has 1 aliphatic heterocycles. The first-order chi connectivity index (χ1) is 8.61. The molecule has 0 saturated carbocycles. The molecule has 0 bridgehead atoms. The molecule has 0 unspecified atom stereocenters. The van der Waals surface area contributed by atoms with Gasteiger partial charge in [0.15, 0.2) is 0 Å². The van der Waals surface area contributed by atoms with Gasteiger partial charge in [-0.15, -0.1) is 11.3 Å². The maximum atomic E-state index is 12.0. The molecular weight excluding hydrogens is 252 g/mol. The van der Waals surface area contributed by atoms with Crippen LogP contribution in [0.3, 0.4) is 0 Å². The van der Waals surface area contributed by atoms with Crippen LogP contribution in [0.4, 0.5) is 0 Å². The number of ether oxygens (including phenoxy) is 1. The van der Waals surface area contributed by atoms with Crippen molar-refractivity contribution in [1.82, 2.24) is 10.6 Å². The average Bonchev–Trinajstić information content (AvgIpc) is 2.97. The SMILES string of the molecule is COC(=O)[C@@H]1C[C@H](NC(=O)c2sccc2C)CN1. The van der Waals surface area contributed by atoms with Crippen LogP contribution < -0.4 is 10.6 Å². The molecule has 1 fully saturated rings. The third-order valence-electron chi connectivity index (χ3n) is 3.02. The molecule has 1 aromatic heterocycles. The van der Waals surface area contributed by atoms with E-state index in [4.69, 9.17) is 0 Å². The first-order valence-electron chi connectivity index (χ1n) is 5.78. The van der Waals surface area contributed by atoms with E-state index >= 15 is 0 Å². The van der Waals surface area contributed by atoms with Crippen molar-refractivity contribution in [3.05, 3.63) is 21.9 Å². The minimum Gasteiger partial charge on any atom is -0.468 e. The van der Waals surface area contributed by atoms with E-state index < -0.39 is 0 Å². The maximum absolute atomic E-state index is 12.0. The van der Waals surface area contributed by atoms with Gasteiger partial charge in [-0.1, -0.05) is 0 Å². The molecule has 98 valence electrons. The predicted octanol–water partition coefficient (Wildman–Crippen LogP) is 0.690. The lowest BCUT2D eigenvalue weighted by molar-refractivity contribution is -0.142. The molecule has 2 N–H and O–H groups in total. The second-order valence-electron chi connectivity index (χ2n) is 4.32. The zero-order valence-corrected chi connectivity index (χ0v) is 11.2. The van der Waals surface area contributed by atoms with E-state index in [1.165, 1.54) is 18.4 Å². The molecule has 1 amide bonds. The first-order valence-corrected chi connectivity index (χ1v) is 6.66. The topological polar surface area (TPSA) is 67.4 Å². The van der Waals surface area contributed by atoms with Gasteiger partial charge in [0.25, 0.3) is 5.91 Å². The Morgan fingerprint density at radius 2 is 2.33 bits per heavy atom. The highest BCUT2D eigenvalue weighted by Crippen LogP contribution is 2.16. The summed E-state index contributed by atoms with van der Waals surface area (Å²) in [5.41, 5.74) is 0.980. The molecule has 2 atom stereocenters. The molecule has 2 heterocycles.